The van der Waals surface area contributed by atoms with Crippen molar-refractivity contribution >= 4 is 11.9 Å². The second-order valence-electron chi connectivity index (χ2n) is 7.01. The van der Waals surface area contributed by atoms with Crippen molar-refractivity contribution in [3.63, 3.8) is 0 Å². The van der Waals surface area contributed by atoms with Crippen molar-refractivity contribution in [3.05, 3.63) is 24.2 Å². The summed E-state index contributed by atoms with van der Waals surface area (Å²) in [5, 5.41) is 11.1. The van der Waals surface area contributed by atoms with Crippen LogP contribution in [0.25, 0.3) is 0 Å². The third-order valence-electron chi connectivity index (χ3n) is 5.41. The molecule has 0 bridgehead atoms. The van der Waals surface area contributed by atoms with E-state index in [1.165, 1.54) is 11.2 Å². The third kappa shape index (κ3) is 4.83. The molecule has 3 rings (SSSR count). The fourth-order valence-corrected chi connectivity index (χ4v) is 3.93. The average molecular weight is 350 g/mol. The Bertz CT molecular complexity index is 568. The normalized spacial score (nSPS) is 25.0. The van der Waals surface area contributed by atoms with Gasteiger partial charge in [0.05, 0.1) is 26.0 Å². The molecule has 7 nitrogen and oxygen atoms in total. The predicted octanol–water partition coefficient (Wildman–Crippen LogP) is -1.20. The maximum Gasteiger partial charge on any atom is 0.289 e. The highest BCUT2D eigenvalue weighted by Crippen LogP contribution is 2.29. The van der Waals surface area contributed by atoms with Crippen LogP contribution in [-0.2, 0) is 9.53 Å². The molecule has 3 heterocycles. The smallest absolute Gasteiger partial charge is 0.289 e. The van der Waals surface area contributed by atoms with Crippen molar-refractivity contribution in [2.75, 3.05) is 45.9 Å². The zero-order valence-corrected chi connectivity index (χ0v) is 14.4. The Hall–Kier alpha value is -1.86. The van der Waals surface area contributed by atoms with Gasteiger partial charge in [-0.1, -0.05) is 0 Å². The molecule has 0 unspecified atom stereocenters. The van der Waals surface area contributed by atoms with Crippen molar-refractivity contribution in [3.8, 4) is 0 Å². The Balaban J connectivity index is 1.60. The van der Waals surface area contributed by atoms with Crippen LogP contribution in [0.15, 0.2) is 22.8 Å². The number of piperidine rings is 1. The van der Waals surface area contributed by atoms with E-state index in [0.717, 1.165) is 39.3 Å². The number of carboxylic acid groups (broad SMARTS) is 1. The van der Waals surface area contributed by atoms with Gasteiger partial charge in [0, 0.05) is 25.5 Å². The van der Waals surface area contributed by atoms with Crippen LogP contribution in [0, 0.1) is 11.8 Å². The van der Waals surface area contributed by atoms with E-state index in [9.17, 15) is 14.7 Å². The first-order chi connectivity index (χ1) is 12.1. The number of likely N-dealkylation sites (tertiary alicyclic amines) is 1. The molecule has 7 heteroatoms. The van der Waals surface area contributed by atoms with Gasteiger partial charge in [-0.15, -0.1) is 0 Å². The number of nitrogens with one attached hydrogen (secondary N) is 1. The number of morpholine rings is 1. The maximum atomic E-state index is 12.5. The lowest BCUT2D eigenvalue weighted by molar-refractivity contribution is -0.908. The Morgan fingerprint density at radius 1 is 1.28 bits per heavy atom. The Morgan fingerprint density at radius 2 is 2.08 bits per heavy atom. The monoisotopic (exact) mass is 350 g/mol. The fourth-order valence-electron chi connectivity index (χ4n) is 3.93. The molecule has 2 aliphatic rings. The second-order valence-corrected chi connectivity index (χ2v) is 7.01. The summed E-state index contributed by atoms with van der Waals surface area (Å²) in [7, 11) is 0. The van der Waals surface area contributed by atoms with Crippen LogP contribution in [0.2, 0.25) is 0 Å². The Kier molecular flexibility index (Phi) is 6.09. The van der Waals surface area contributed by atoms with E-state index >= 15 is 0 Å². The summed E-state index contributed by atoms with van der Waals surface area (Å²) in [5.74, 6) is -0.511. The molecule has 0 aromatic carbocycles. The molecule has 0 aliphatic carbocycles. The van der Waals surface area contributed by atoms with E-state index in [4.69, 9.17) is 9.15 Å². The molecule has 1 amide bonds. The first kappa shape index (κ1) is 17.9. The van der Waals surface area contributed by atoms with Gasteiger partial charge in [-0.3, -0.25) is 4.79 Å². The number of aliphatic carboxylic acids is 1. The van der Waals surface area contributed by atoms with Gasteiger partial charge >= 0.3 is 0 Å². The number of carboxylic acids is 1. The van der Waals surface area contributed by atoms with E-state index in [1.54, 1.807) is 17.0 Å². The minimum absolute atomic E-state index is 0.0751. The number of carbonyl (C=O) groups excluding carboxylic acids is 2. The molecule has 25 heavy (non-hydrogen) atoms. The lowest BCUT2D eigenvalue weighted by atomic mass is 9.81. The number of hydrogen-bond acceptors (Lipinski definition) is 5. The van der Waals surface area contributed by atoms with Gasteiger partial charge in [0.25, 0.3) is 5.91 Å². The van der Waals surface area contributed by atoms with Gasteiger partial charge in [0.1, 0.15) is 13.1 Å². The topological polar surface area (TPSA) is 87.2 Å². The van der Waals surface area contributed by atoms with Crippen molar-refractivity contribution in [1.82, 2.24) is 4.90 Å². The summed E-state index contributed by atoms with van der Waals surface area (Å²) >= 11 is 0. The second kappa shape index (κ2) is 8.49. The fraction of sp³-hybridized carbons (Fsp3) is 0.667. The number of carbonyl (C=O) groups is 2. The van der Waals surface area contributed by atoms with Crippen molar-refractivity contribution in [1.29, 1.82) is 0 Å². The van der Waals surface area contributed by atoms with Crippen molar-refractivity contribution < 1.29 is 28.7 Å². The minimum atomic E-state index is -1.00. The third-order valence-corrected chi connectivity index (χ3v) is 5.41. The zero-order chi connectivity index (χ0) is 17.6. The summed E-state index contributed by atoms with van der Waals surface area (Å²) in [6.07, 6.45) is 3.18. The quantitative estimate of drug-likeness (QED) is 0.697. The molecular weight excluding hydrogens is 324 g/mol. The number of nitrogens with zero attached hydrogens (tertiary/aromatic N) is 1. The van der Waals surface area contributed by atoms with Gasteiger partial charge in [-0.05, 0) is 36.8 Å². The van der Waals surface area contributed by atoms with E-state index in [-0.39, 0.29) is 24.2 Å². The molecular formula is C18H26N2O5. The number of hydrogen-bond donors (Lipinski definition) is 1. The zero-order valence-electron chi connectivity index (χ0n) is 14.4. The van der Waals surface area contributed by atoms with Gasteiger partial charge in [-0.25, -0.2) is 0 Å². The van der Waals surface area contributed by atoms with Gasteiger partial charge in [-0.2, -0.15) is 0 Å². The maximum absolute atomic E-state index is 12.5. The molecule has 2 atom stereocenters. The van der Waals surface area contributed by atoms with Crippen LogP contribution in [0.3, 0.4) is 0 Å². The minimum Gasteiger partial charge on any atom is -0.550 e. The molecule has 0 radical (unpaired) electrons. The number of amides is 1. The SMILES string of the molecule is O=C([O-])C[C@@H]1CCN(C(=O)c2ccco2)C[C@@H]1CC[NH+]1CCOCC1. The van der Waals surface area contributed by atoms with E-state index in [2.05, 4.69) is 0 Å². The largest absolute Gasteiger partial charge is 0.550 e. The van der Waals surface area contributed by atoms with Crippen LogP contribution in [0.1, 0.15) is 29.8 Å². The molecule has 0 saturated carbocycles. The number of ether oxygens (including phenoxy) is 1. The number of quaternary nitrogens is 1. The van der Waals surface area contributed by atoms with Crippen LogP contribution < -0.4 is 10.0 Å². The molecule has 2 saturated heterocycles. The van der Waals surface area contributed by atoms with Gasteiger partial charge in [0.15, 0.2) is 5.76 Å². The van der Waals surface area contributed by atoms with Crippen LogP contribution in [0.4, 0.5) is 0 Å². The summed E-state index contributed by atoms with van der Waals surface area (Å²) in [5.41, 5.74) is 0. The lowest BCUT2D eigenvalue weighted by Crippen LogP contribution is -3.14. The van der Waals surface area contributed by atoms with E-state index < -0.39 is 5.97 Å². The average Bonchev–Trinajstić information content (AvgIpc) is 3.15. The Morgan fingerprint density at radius 3 is 2.76 bits per heavy atom. The highest BCUT2D eigenvalue weighted by Gasteiger charge is 2.33. The van der Waals surface area contributed by atoms with E-state index in [1.807, 2.05) is 0 Å². The molecule has 138 valence electrons. The van der Waals surface area contributed by atoms with Crippen molar-refractivity contribution in [2.45, 2.75) is 19.3 Å². The summed E-state index contributed by atoms with van der Waals surface area (Å²) in [4.78, 5) is 26.9. The summed E-state index contributed by atoms with van der Waals surface area (Å²) in [6.45, 7) is 5.69. The summed E-state index contributed by atoms with van der Waals surface area (Å²) < 4.78 is 10.6. The molecule has 0 spiro atoms. The van der Waals surface area contributed by atoms with Gasteiger partial charge < -0.3 is 28.9 Å². The van der Waals surface area contributed by atoms with Crippen LogP contribution in [0.5, 0.6) is 0 Å². The lowest BCUT2D eigenvalue weighted by Gasteiger charge is -2.39. The molecule has 1 N–H and O–H groups in total. The Labute approximate surface area is 147 Å². The van der Waals surface area contributed by atoms with Crippen molar-refractivity contribution in [2.24, 2.45) is 11.8 Å². The van der Waals surface area contributed by atoms with Gasteiger partial charge in [0.2, 0.25) is 0 Å². The predicted molar refractivity (Wildman–Crippen MR) is 86.8 cm³/mol. The highest BCUT2D eigenvalue weighted by molar-refractivity contribution is 5.91. The van der Waals surface area contributed by atoms with Crippen LogP contribution in [-0.4, -0.2) is 62.7 Å². The first-order valence-corrected chi connectivity index (χ1v) is 9.07. The number of rotatable bonds is 6. The standard InChI is InChI=1S/C18H26N2O5/c21-17(22)12-14-4-6-20(18(23)16-2-1-9-25-16)13-15(14)3-5-19-7-10-24-11-8-19/h1-2,9,14-15H,3-8,10-13H2,(H,21,22)/t14-,15-/m0/s1. The highest BCUT2D eigenvalue weighted by atomic mass is 16.5. The molecule has 2 fully saturated rings. The number of furan rings is 1. The molecule has 1 aromatic rings. The van der Waals surface area contributed by atoms with E-state index in [0.29, 0.717) is 25.3 Å². The van der Waals surface area contributed by atoms with Crippen LogP contribution >= 0.6 is 0 Å². The molecule has 2 aliphatic heterocycles. The first-order valence-electron chi connectivity index (χ1n) is 9.07. The summed E-state index contributed by atoms with van der Waals surface area (Å²) in [6, 6.07) is 3.37. The molecule has 1 aromatic heterocycles.